The van der Waals surface area contributed by atoms with Crippen molar-refractivity contribution in [3.63, 3.8) is 0 Å². The maximum atomic E-state index is 10.7. The van der Waals surface area contributed by atoms with Crippen LogP contribution in [-0.4, -0.2) is 20.5 Å². The molecule has 4 nitrogen and oxygen atoms in total. The van der Waals surface area contributed by atoms with Gasteiger partial charge >= 0.3 is 5.97 Å². The number of aromatic nitrogens is 2. The van der Waals surface area contributed by atoms with E-state index in [2.05, 4.69) is 27.6 Å². The molecule has 2 rings (SSSR count). The second kappa shape index (κ2) is 3.23. The molecule has 0 saturated carbocycles. The Morgan fingerprint density at radius 3 is 2.93 bits per heavy atom. The summed E-state index contributed by atoms with van der Waals surface area (Å²) < 4.78 is 2.69. The molecule has 0 unspecified atom stereocenters. The summed E-state index contributed by atoms with van der Waals surface area (Å²) >= 11 is 2.14. The highest BCUT2D eigenvalue weighted by atomic mass is 127. The van der Waals surface area contributed by atoms with Crippen LogP contribution in [0.5, 0.6) is 0 Å². The number of pyridine rings is 1. The fourth-order valence-corrected chi connectivity index (χ4v) is 2.18. The Bertz CT molecular complexity index is 519. The number of aromatic carboxylic acids is 1. The summed E-state index contributed by atoms with van der Waals surface area (Å²) in [5.74, 6) is -0.998. The maximum Gasteiger partial charge on any atom is 0.356 e. The van der Waals surface area contributed by atoms with Gasteiger partial charge in [-0.15, -0.1) is 0 Å². The van der Waals surface area contributed by atoms with E-state index in [1.807, 2.05) is 19.2 Å². The Labute approximate surface area is 93.7 Å². The molecule has 2 aromatic heterocycles. The summed E-state index contributed by atoms with van der Waals surface area (Å²) in [6, 6.07) is 1.97. The molecule has 0 aliphatic heterocycles. The smallest absolute Gasteiger partial charge is 0.356 e. The Morgan fingerprint density at radius 1 is 1.57 bits per heavy atom. The molecule has 0 amide bonds. The van der Waals surface area contributed by atoms with Gasteiger partial charge in [-0.05, 0) is 41.1 Å². The number of imidazole rings is 1. The standard InChI is InChI=1S/C9H7IN2O2/c1-5-2-6(10)8-11-7(9(13)14)4-12(8)3-5/h2-4H,1H3,(H,13,14). The number of carboxylic acids is 1. The Balaban J connectivity index is 2.76. The van der Waals surface area contributed by atoms with E-state index < -0.39 is 5.97 Å². The molecule has 0 aliphatic carbocycles. The molecule has 2 aromatic rings. The second-order valence-corrected chi connectivity index (χ2v) is 4.19. The van der Waals surface area contributed by atoms with E-state index in [9.17, 15) is 4.79 Å². The highest BCUT2D eigenvalue weighted by molar-refractivity contribution is 14.1. The van der Waals surface area contributed by atoms with Crippen LogP contribution in [-0.2, 0) is 0 Å². The van der Waals surface area contributed by atoms with Crippen molar-refractivity contribution in [2.24, 2.45) is 0 Å². The van der Waals surface area contributed by atoms with Crippen molar-refractivity contribution in [3.8, 4) is 0 Å². The summed E-state index contributed by atoms with van der Waals surface area (Å²) in [4.78, 5) is 14.7. The maximum absolute atomic E-state index is 10.7. The van der Waals surface area contributed by atoms with E-state index in [0.29, 0.717) is 5.65 Å². The molecular formula is C9H7IN2O2. The van der Waals surface area contributed by atoms with E-state index >= 15 is 0 Å². The van der Waals surface area contributed by atoms with Crippen molar-refractivity contribution in [2.45, 2.75) is 6.92 Å². The van der Waals surface area contributed by atoms with Crippen LogP contribution in [0.25, 0.3) is 5.65 Å². The Hall–Kier alpha value is -1.11. The van der Waals surface area contributed by atoms with Gasteiger partial charge < -0.3 is 9.51 Å². The molecule has 2 heterocycles. The third-order valence-electron chi connectivity index (χ3n) is 1.86. The molecular weight excluding hydrogens is 295 g/mol. The van der Waals surface area contributed by atoms with Crippen molar-refractivity contribution >= 4 is 34.2 Å². The second-order valence-electron chi connectivity index (χ2n) is 3.03. The fourth-order valence-electron chi connectivity index (χ4n) is 1.29. The fraction of sp³-hybridized carbons (Fsp3) is 0.111. The highest BCUT2D eigenvalue weighted by Gasteiger charge is 2.10. The third kappa shape index (κ3) is 1.47. The number of aryl methyl sites for hydroxylation is 1. The molecule has 14 heavy (non-hydrogen) atoms. The number of fused-ring (bicyclic) bond motifs is 1. The molecule has 0 atom stereocenters. The minimum atomic E-state index is -0.998. The lowest BCUT2D eigenvalue weighted by atomic mass is 10.3. The number of hydrogen-bond donors (Lipinski definition) is 1. The molecule has 0 bridgehead atoms. The minimum absolute atomic E-state index is 0.0773. The van der Waals surface area contributed by atoms with Crippen molar-refractivity contribution in [1.82, 2.24) is 9.38 Å². The zero-order valence-electron chi connectivity index (χ0n) is 7.36. The third-order valence-corrected chi connectivity index (χ3v) is 2.66. The molecule has 1 N–H and O–H groups in total. The van der Waals surface area contributed by atoms with Crippen molar-refractivity contribution in [1.29, 1.82) is 0 Å². The van der Waals surface area contributed by atoms with Crippen LogP contribution in [0.3, 0.4) is 0 Å². The topological polar surface area (TPSA) is 54.6 Å². The van der Waals surface area contributed by atoms with E-state index in [1.54, 1.807) is 4.40 Å². The van der Waals surface area contributed by atoms with Crippen LogP contribution in [0, 0.1) is 10.5 Å². The van der Waals surface area contributed by atoms with Gasteiger partial charge in [-0.1, -0.05) is 0 Å². The van der Waals surface area contributed by atoms with Gasteiger partial charge in [-0.3, -0.25) is 0 Å². The largest absolute Gasteiger partial charge is 0.476 e. The van der Waals surface area contributed by atoms with E-state index in [-0.39, 0.29) is 5.69 Å². The molecule has 0 spiro atoms. The number of rotatable bonds is 1. The first-order valence-corrected chi connectivity index (χ1v) is 5.04. The summed E-state index contributed by atoms with van der Waals surface area (Å²) in [5.41, 5.74) is 1.85. The lowest BCUT2D eigenvalue weighted by molar-refractivity contribution is 0.0691. The summed E-state index contributed by atoms with van der Waals surface area (Å²) in [6.07, 6.45) is 3.38. The van der Waals surface area contributed by atoms with Crippen molar-refractivity contribution < 1.29 is 9.90 Å². The average Bonchev–Trinajstić information content (AvgIpc) is 2.47. The molecule has 0 radical (unpaired) electrons. The van der Waals surface area contributed by atoms with Crippen LogP contribution in [0.4, 0.5) is 0 Å². The van der Waals surface area contributed by atoms with Gasteiger partial charge in [0, 0.05) is 12.4 Å². The molecule has 72 valence electrons. The van der Waals surface area contributed by atoms with Crippen LogP contribution in [0.15, 0.2) is 18.5 Å². The van der Waals surface area contributed by atoms with Gasteiger partial charge in [0.2, 0.25) is 0 Å². The zero-order valence-corrected chi connectivity index (χ0v) is 9.52. The van der Waals surface area contributed by atoms with E-state index in [4.69, 9.17) is 5.11 Å². The van der Waals surface area contributed by atoms with Crippen LogP contribution in [0.1, 0.15) is 16.1 Å². The van der Waals surface area contributed by atoms with Crippen molar-refractivity contribution in [3.05, 3.63) is 33.3 Å². The summed E-state index contributed by atoms with van der Waals surface area (Å²) in [7, 11) is 0. The molecule has 5 heteroatoms. The predicted molar refractivity (Wildman–Crippen MR) is 59.6 cm³/mol. The van der Waals surface area contributed by atoms with Gasteiger partial charge in [0.1, 0.15) is 0 Å². The minimum Gasteiger partial charge on any atom is -0.476 e. The quantitative estimate of drug-likeness (QED) is 0.819. The zero-order chi connectivity index (χ0) is 10.3. The van der Waals surface area contributed by atoms with Gasteiger partial charge in [0.25, 0.3) is 0 Å². The average molecular weight is 302 g/mol. The molecule has 0 saturated heterocycles. The monoisotopic (exact) mass is 302 g/mol. The first-order valence-electron chi connectivity index (χ1n) is 3.96. The number of carboxylic acid groups (broad SMARTS) is 1. The highest BCUT2D eigenvalue weighted by Crippen LogP contribution is 2.15. The first kappa shape index (κ1) is 9.45. The van der Waals surface area contributed by atoms with Gasteiger partial charge in [0.05, 0.1) is 3.57 Å². The number of carbonyl (C=O) groups is 1. The first-order chi connectivity index (χ1) is 6.58. The predicted octanol–water partition coefficient (Wildman–Crippen LogP) is 1.95. The molecule has 0 aliphatic rings. The van der Waals surface area contributed by atoms with Crippen LogP contribution >= 0.6 is 22.6 Å². The number of nitrogens with zero attached hydrogens (tertiary/aromatic N) is 2. The Kier molecular flexibility index (Phi) is 2.18. The van der Waals surface area contributed by atoms with Crippen LogP contribution < -0.4 is 0 Å². The SMILES string of the molecule is Cc1cc(I)c2nc(C(=O)O)cn2c1. The molecule has 0 fully saturated rings. The normalized spacial score (nSPS) is 10.7. The lowest BCUT2D eigenvalue weighted by Gasteiger charge is -1.97. The Morgan fingerprint density at radius 2 is 2.29 bits per heavy atom. The van der Waals surface area contributed by atoms with Gasteiger partial charge in [-0.25, -0.2) is 9.78 Å². The van der Waals surface area contributed by atoms with E-state index in [0.717, 1.165) is 9.13 Å². The van der Waals surface area contributed by atoms with E-state index in [1.165, 1.54) is 6.20 Å². The molecule has 0 aromatic carbocycles. The van der Waals surface area contributed by atoms with Crippen LogP contribution in [0.2, 0.25) is 0 Å². The number of halogens is 1. The summed E-state index contributed by atoms with van der Waals surface area (Å²) in [5, 5.41) is 8.77. The lowest BCUT2D eigenvalue weighted by Crippen LogP contribution is -1.95. The van der Waals surface area contributed by atoms with Crippen molar-refractivity contribution in [2.75, 3.05) is 0 Å². The van der Waals surface area contributed by atoms with Gasteiger partial charge in [0.15, 0.2) is 11.3 Å². The van der Waals surface area contributed by atoms with Gasteiger partial charge in [-0.2, -0.15) is 0 Å². The number of hydrogen-bond acceptors (Lipinski definition) is 2. The summed E-state index contributed by atoms with van der Waals surface area (Å²) in [6.45, 7) is 1.96.